The first kappa shape index (κ1) is 20.8. The molecule has 1 atom stereocenters. The van der Waals surface area contributed by atoms with Crippen LogP contribution in [0, 0.1) is 20.8 Å². The molecule has 0 amide bonds. The lowest BCUT2D eigenvalue weighted by atomic mass is 9.99. The quantitative estimate of drug-likeness (QED) is 0.524. The average Bonchev–Trinajstić information content (AvgIpc) is 3.14. The van der Waals surface area contributed by atoms with Gasteiger partial charge in [0.05, 0.1) is 18.2 Å². The SMILES string of the molecule is Cc1sc2c(c1C)C(c1ccc(Cl)cc1)=NC(CC(=O)OC(C)C)c1nnc(C)n1-2. The predicted octanol–water partition coefficient (Wildman–Crippen LogP) is 5.14. The number of hydrogen-bond acceptors (Lipinski definition) is 6. The molecule has 2 aromatic heterocycles. The summed E-state index contributed by atoms with van der Waals surface area (Å²) < 4.78 is 7.42. The van der Waals surface area contributed by atoms with E-state index in [1.54, 1.807) is 11.3 Å². The minimum Gasteiger partial charge on any atom is -0.463 e. The Hall–Kier alpha value is -2.51. The molecule has 3 aromatic rings. The molecular formula is C22H23ClN4O2S. The standard InChI is InChI=1S/C22H23ClN4O2S/c1-11(2)29-18(28)10-17-21-26-25-14(5)27(21)22-19(12(3)13(4)30-22)20(24-17)15-6-8-16(23)9-7-15/h6-9,11,17H,10H2,1-5H3. The first-order valence-electron chi connectivity index (χ1n) is 9.82. The Morgan fingerprint density at radius 3 is 2.57 bits per heavy atom. The van der Waals surface area contributed by atoms with Gasteiger partial charge in [0, 0.05) is 21.0 Å². The maximum atomic E-state index is 12.5. The Bertz CT molecular complexity index is 1140. The highest BCUT2D eigenvalue weighted by Crippen LogP contribution is 2.39. The summed E-state index contributed by atoms with van der Waals surface area (Å²) in [4.78, 5) is 18.8. The number of thiophene rings is 1. The van der Waals surface area contributed by atoms with E-state index in [0.717, 1.165) is 33.2 Å². The molecule has 1 aliphatic rings. The van der Waals surface area contributed by atoms with E-state index in [0.29, 0.717) is 10.8 Å². The van der Waals surface area contributed by atoms with Crippen LogP contribution in [-0.2, 0) is 9.53 Å². The fourth-order valence-electron chi connectivity index (χ4n) is 3.60. The molecule has 0 bridgehead atoms. The van der Waals surface area contributed by atoms with Gasteiger partial charge < -0.3 is 4.74 Å². The van der Waals surface area contributed by atoms with Crippen molar-refractivity contribution in [1.82, 2.24) is 14.8 Å². The normalized spacial score (nSPS) is 15.4. The van der Waals surface area contributed by atoms with Crippen LogP contribution < -0.4 is 0 Å². The zero-order chi connectivity index (χ0) is 21.6. The summed E-state index contributed by atoms with van der Waals surface area (Å²) in [6.45, 7) is 9.79. The van der Waals surface area contributed by atoms with E-state index >= 15 is 0 Å². The molecular weight excluding hydrogens is 420 g/mol. The lowest BCUT2D eigenvalue weighted by Gasteiger charge is -2.14. The molecule has 0 saturated carbocycles. The van der Waals surface area contributed by atoms with Crippen molar-refractivity contribution < 1.29 is 9.53 Å². The van der Waals surface area contributed by atoms with Crippen molar-refractivity contribution in [2.24, 2.45) is 4.99 Å². The highest BCUT2D eigenvalue weighted by Gasteiger charge is 2.32. The topological polar surface area (TPSA) is 69.4 Å². The van der Waals surface area contributed by atoms with E-state index in [9.17, 15) is 4.79 Å². The van der Waals surface area contributed by atoms with E-state index in [2.05, 4.69) is 24.0 Å². The molecule has 0 aliphatic carbocycles. The number of carbonyl (C=O) groups is 1. The highest BCUT2D eigenvalue weighted by molar-refractivity contribution is 7.15. The van der Waals surface area contributed by atoms with Gasteiger partial charge in [-0.25, -0.2) is 0 Å². The molecule has 0 N–H and O–H groups in total. The second-order valence-corrected chi connectivity index (χ2v) is 9.29. The molecule has 1 aliphatic heterocycles. The summed E-state index contributed by atoms with van der Waals surface area (Å²) in [5.74, 6) is 1.11. The Kier molecular flexibility index (Phi) is 5.51. The summed E-state index contributed by atoms with van der Waals surface area (Å²) in [7, 11) is 0. The van der Waals surface area contributed by atoms with Crippen molar-refractivity contribution in [3.8, 4) is 5.00 Å². The number of hydrogen-bond donors (Lipinski definition) is 0. The number of fused-ring (bicyclic) bond motifs is 3. The number of benzene rings is 1. The zero-order valence-electron chi connectivity index (χ0n) is 17.6. The van der Waals surface area contributed by atoms with Crippen LogP contribution in [-0.4, -0.2) is 32.5 Å². The van der Waals surface area contributed by atoms with Gasteiger partial charge in [0.15, 0.2) is 5.82 Å². The Morgan fingerprint density at radius 2 is 1.90 bits per heavy atom. The largest absolute Gasteiger partial charge is 0.463 e. The fourth-order valence-corrected chi connectivity index (χ4v) is 4.94. The first-order valence-corrected chi connectivity index (χ1v) is 11.0. The molecule has 1 aromatic carbocycles. The van der Waals surface area contributed by atoms with Gasteiger partial charge in [-0.3, -0.25) is 14.4 Å². The van der Waals surface area contributed by atoms with Crippen LogP contribution in [0.15, 0.2) is 29.3 Å². The number of nitrogens with zero attached hydrogens (tertiary/aromatic N) is 4. The van der Waals surface area contributed by atoms with E-state index in [4.69, 9.17) is 21.3 Å². The van der Waals surface area contributed by atoms with Crippen molar-refractivity contribution in [2.45, 2.75) is 53.2 Å². The second kappa shape index (κ2) is 7.96. The van der Waals surface area contributed by atoms with Crippen LogP contribution in [0.1, 0.15) is 59.5 Å². The predicted molar refractivity (Wildman–Crippen MR) is 119 cm³/mol. The third-order valence-corrected chi connectivity index (χ3v) is 6.53. The number of aryl methyl sites for hydroxylation is 2. The van der Waals surface area contributed by atoms with Crippen LogP contribution in [0.3, 0.4) is 0 Å². The van der Waals surface area contributed by atoms with Crippen molar-refractivity contribution in [2.75, 3.05) is 0 Å². The van der Waals surface area contributed by atoms with Gasteiger partial charge in [0.25, 0.3) is 0 Å². The van der Waals surface area contributed by atoms with Gasteiger partial charge >= 0.3 is 5.97 Å². The van der Waals surface area contributed by atoms with E-state index in [1.807, 2.05) is 49.6 Å². The molecule has 30 heavy (non-hydrogen) atoms. The van der Waals surface area contributed by atoms with Gasteiger partial charge in [-0.1, -0.05) is 23.7 Å². The summed E-state index contributed by atoms with van der Waals surface area (Å²) in [5.41, 5.74) is 3.98. The molecule has 0 fully saturated rings. The Balaban J connectivity index is 1.93. The Labute approximate surface area is 184 Å². The lowest BCUT2D eigenvalue weighted by molar-refractivity contribution is -0.147. The van der Waals surface area contributed by atoms with Gasteiger partial charge in [-0.05, 0) is 52.3 Å². The highest BCUT2D eigenvalue weighted by atomic mass is 35.5. The maximum Gasteiger partial charge on any atom is 0.308 e. The summed E-state index contributed by atoms with van der Waals surface area (Å²) >= 11 is 7.80. The molecule has 1 unspecified atom stereocenters. The van der Waals surface area contributed by atoms with Gasteiger partial charge in [-0.15, -0.1) is 21.5 Å². The molecule has 8 heteroatoms. The molecule has 4 rings (SSSR count). The van der Waals surface area contributed by atoms with Crippen LogP contribution in [0.4, 0.5) is 0 Å². The van der Waals surface area contributed by atoms with Crippen molar-refractivity contribution in [1.29, 1.82) is 0 Å². The van der Waals surface area contributed by atoms with Crippen molar-refractivity contribution >= 4 is 34.6 Å². The summed E-state index contributed by atoms with van der Waals surface area (Å²) in [6, 6.07) is 7.13. The van der Waals surface area contributed by atoms with E-state index in [-0.39, 0.29) is 18.5 Å². The third kappa shape index (κ3) is 3.68. The van der Waals surface area contributed by atoms with Crippen molar-refractivity contribution in [3.05, 3.63) is 62.5 Å². The molecule has 3 heterocycles. The number of aliphatic imine (C=N–C) groups is 1. The monoisotopic (exact) mass is 442 g/mol. The van der Waals surface area contributed by atoms with Crippen molar-refractivity contribution in [3.63, 3.8) is 0 Å². The second-order valence-electron chi connectivity index (χ2n) is 7.65. The molecule has 156 valence electrons. The van der Waals surface area contributed by atoms with Crippen LogP contribution in [0.2, 0.25) is 5.02 Å². The summed E-state index contributed by atoms with van der Waals surface area (Å²) in [6.07, 6.45) is -0.0884. The van der Waals surface area contributed by atoms with Gasteiger partial charge in [-0.2, -0.15) is 0 Å². The minimum absolute atomic E-state index is 0.0976. The van der Waals surface area contributed by atoms with E-state index < -0.39 is 6.04 Å². The smallest absolute Gasteiger partial charge is 0.308 e. The van der Waals surface area contributed by atoms with E-state index in [1.165, 1.54) is 4.88 Å². The number of esters is 1. The molecule has 0 spiro atoms. The third-order valence-electron chi connectivity index (χ3n) is 5.08. The van der Waals surface area contributed by atoms with Crippen LogP contribution >= 0.6 is 22.9 Å². The number of halogens is 1. The lowest BCUT2D eigenvalue weighted by Crippen LogP contribution is -2.16. The zero-order valence-corrected chi connectivity index (χ0v) is 19.1. The average molecular weight is 443 g/mol. The number of ether oxygens (including phenoxy) is 1. The minimum atomic E-state index is -0.498. The Morgan fingerprint density at radius 1 is 1.20 bits per heavy atom. The van der Waals surface area contributed by atoms with Crippen LogP contribution in [0.5, 0.6) is 0 Å². The number of carbonyl (C=O) groups excluding carboxylic acids is 1. The first-order chi connectivity index (χ1) is 14.3. The molecule has 6 nitrogen and oxygen atoms in total. The van der Waals surface area contributed by atoms with Gasteiger partial charge in [0.1, 0.15) is 16.9 Å². The molecule has 0 radical (unpaired) electrons. The van der Waals surface area contributed by atoms with Gasteiger partial charge in [0.2, 0.25) is 0 Å². The summed E-state index contributed by atoms with van der Waals surface area (Å²) in [5, 5.41) is 10.4. The number of rotatable bonds is 4. The van der Waals surface area contributed by atoms with Crippen LogP contribution in [0.25, 0.3) is 5.00 Å². The fraction of sp³-hybridized carbons (Fsp3) is 0.364. The maximum absolute atomic E-state index is 12.5. The molecule has 0 saturated heterocycles. The number of aromatic nitrogens is 3.